The van der Waals surface area contributed by atoms with Gasteiger partial charge in [-0.3, -0.25) is 0 Å². The molecule has 0 saturated carbocycles. The Kier molecular flexibility index (Phi) is 3.84. The van der Waals surface area contributed by atoms with Gasteiger partial charge in [-0.25, -0.2) is 4.79 Å². The molecule has 1 saturated heterocycles. The van der Waals surface area contributed by atoms with Gasteiger partial charge in [0.25, 0.3) is 0 Å². The van der Waals surface area contributed by atoms with Crippen LogP contribution in [0.5, 0.6) is 5.75 Å². The molecule has 1 aliphatic heterocycles. The molecule has 1 aromatic heterocycles. The Hall–Kier alpha value is -2.01. The molecule has 1 aliphatic rings. The standard InChI is InChI=1S/C16H20N2O3/c1-3-11-14-12(20-2)5-4-6-13(14)21-16(19)15(11)18-9-7-17-8-10-18/h4-6,17H,3,7-10H2,1-2H3. The normalized spacial score (nSPS) is 15.4. The number of nitrogens with one attached hydrogen (secondary N) is 1. The topological polar surface area (TPSA) is 54.7 Å². The van der Waals surface area contributed by atoms with E-state index in [1.54, 1.807) is 7.11 Å². The summed E-state index contributed by atoms with van der Waals surface area (Å²) in [6, 6.07) is 5.57. The number of rotatable bonds is 3. The van der Waals surface area contributed by atoms with Crippen molar-refractivity contribution in [1.82, 2.24) is 5.32 Å². The van der Waals surface area contributed by atoms with Crippen LogP contribution in [0.4, 0.5) is 5.69 Å². The van der Waals surface area contributed by atoms with E-state index in [1.165, 1.54) is 0 Å². The minimum Gasteiger partial charge on any atom is -0.496 e. The third-order valence-corrected chi connectivity index (χ3v) is 3.98. The van der Waals surface area contributed by atoms with Crippen LogP contribution in [-0.2, 0) is 6.42 Å². The highest BCUT2D eigenvalue weighted by Gasteiger charge is 2.22. The molecule has 0 radical (unpaired) electrons. The molecule has 1 N–H and O–H groups in total. The smallest absolute Gasteiger partial charge is 0.360 e. The molecule has 0 bridgehead atoms. The predicted octanol–water partition coefficient (Wildman–Crippen LogP) is 1.77. The molecule has 3 rings (SSSR count). The van der Waals surface area contributed by atoms with Gasteiger partial charge in [-0.05, 0) is 24.1 Å². The second-order valence-electron chi connectivity index (χ2n) is 5.14. The van der Waals surface area contributed by atoms with Gasteiger partial charge in [0.15, 0.2) is 0 Å². The Labute approximate surface area is 123 Å². The Morgan fingerprint density at radius 3 is 2.76 bits per heavy atom. The van der Waals surface area contributed by atoms with Crippen LogP contribution in [0.1, 0.15) is 12.5 Å². The van der Waals surface area contributed by atoms with E-state index >= 15 is 0 Å². The zero-order chi connectivity index (χ0) is 14.8. The summed E-state index contributed by atoms with van der Waals surface area (Å²) in [5.74, 6) is 0.754. The minimum absolute atomic E-state index is 0.255. The van der Waals surface area contributed by atoms with Crippen molar-refractivity contribution in [2.75, 3.05) is 38.2 Å². The molecule has 1 fully saturated rings. The fourth-order valence-corrected chi connectivity index (χ4v) is 3.01. The lowest BCUT2D eigenvalue weighted by molar-refractivity contribution is 0.418. The van der Waals surface area contributed by atoms with E-state index in [0.717, 1.165) is 49.3 Å². The van der Waals surface area contributed by atoms with E-state index in [1.807, 2.05) is 18.2 Å². The third kappa shape index (κ3) is 2.38. The van der Waals surface area contributed by atoms with Gasteiger partial charge in [-0.15, -0.1) is 0 Å². The number of piperazine rings is 1. The lowest BCUT2D eigenvalue weighted by atomic mass is 10.0. The van der Waals surface area contributed by atoms with Crippen LogP contribution in [-0.4, -0.2) is 33.3 Å². The van der Waals surface area contributed by atoms with Gasteiger partial charge in [-0.1, -0.05) is 13.0 Å². The van der Waals surface area contributed by atoms with Crippen molar-refractivity contribution < 1.29 is 9.15 Å². The van der Waals surface area contributed by atoms with E-state index in [0.29, 0.717) is 11.3 Å². The van der Waals surface area contributed by atoms with Gasteiger partial charge in [0.2, 0.25) is 0 Å². The molecule has 0 amide bonds. The summed E-state index contributed by atoms with van der Waals surface area (Å²) in [6.07, 6.45) is 0.766. The van der Waals surface area contributed by atoms with Crippen LogP contribution in [0.3, 0.4) is 0 Å². The molecule has 2 aromatic rings. The Morgan fingerprint density at radius 2 is 2.10 bits per heavy atom. The second kappa shape index (κ2) is 5.77. The van der Waals surface area contributed by atoms with Crippen molar-refractivity contribution in [2.24, 2.45) is 0 Å². The highest BCUT2D eigenvalue weighted by Crippen LogP contribution is 2.33. The molecule has 0 aliphatic carbocycles. The van der Waals surface area contributed by atoms with Crippen molar-refractivity contribution in [3.8, 4) is 5.75 Å². The summed E-state index contributed by atoms with van der Waals surface area (Å²) in [7, 11) is 1.64. The van der Waals surface area contributed by atoms with Crippen LogP contribution >= 0.6 is 0 Å². The van der Waals surface area contributed by atoms with E-state index in [4.69, 9.17) is 9.15 Å². The molecule has 112 valence electrons. The number of nitrogens with zero attached hydrogens (tertiary/aromatic N) is 1. The van der Waals surface area contributed by atoms with E-state index in [2.05, 4.69) is 17.1 Å². The molecule has 5 heteroatoms. The van der Waals surface area contributed by atoms with Crippen molar-refractivity contribution in [2.45, 2.75) is 13.3 Å². The van der Waals surface area contributed by atoms with Crippen molar-refractivity contribution in [1.29, 1.82) is 0 Å². The van der Waals surface area contributed by atoms with Gasteiger partial charge in [0.05, 0.1) is 12.5 Å². The SMILES string of the molecule is CCc1c(N2CCNCC2)c(=O)oc2cccc(OC)c12. The number of anilines is 1. The molecule has 1 aromatic carbocycles. The molecule has 0 spiro atoms. The lowest BCUT2D eigenvalue weighted by Gasteiger charge is -2.30. The lowest BCUT2D eigenvalue weighted by Crippen LogP contribution is -2.45. The number of methoxy groups -OCH3 is 1. The summed E-state index contributed by atoms with van der Waals surface area (Å²) in [6.45, 7) is 5.46. The van der Waals surface area contributed by atoms with E-state index < -0.39 is 0 Å². The van der Waals surface area contributed by atoms with Gasteiger partial charge in [0, 0.05) is 26.2 Å². The van der Waals surface area contributed by atoms with Crippen LogP contribution in [0, 0.1) is 0 Å². The molecule has 2 heterocycles. The Bertz CT molecular complexity index is 702. The van der Waals surface area contributed by atoms with Gasteiger partial charge < -0.3 is 19.4 Å². The predicted molar refractivity (Wildman–Crippen MR) is 83.5 cm³/mol. The first-order chi connectivity index (χ1) is 10.3. The highest BCUT2D eigenvalue weighted by molar-refractivity contribution is 5.90. The zero-order valence-electron chi connectivity index (χ0n) is 12.4. The highest BCUT2D eigenvalue weighted by atomic mass is 16.5. The summed E-state index contributed by atoms with van der Waals surface area (Å²) in [5, 5.41) is 4.21. The fraction of sp³-hybridized carbons (Fsp3) is 0.438. The number of hydrogen-bond acceptors (Lipinski definition) is 5. The van der Waals surface area contributed by atoms with Crippen LogP contribution in [0.25, 0.3) is 11.0 Å². The first-order valence-corrected chi connectivity index (χ1v) is 7.34. The third-order valence-electron chi connectivity index (χ3n) is 3.98. The number of ether oxygens (including phenoxy) is 1. The van der Waals surface area contributed by atoms with E-state index in [-0.39, 0.29) is 5.63 Å². The van der Waals surface area contributed by atoms with Crippen molar-refractivity contribution >= 4 is 16.7 Å². The summed E-state index contributed by atoms with van der Waals surface area (Å²) >= 11 is 0. The maximum Gasteiger partial charge on any atom is 0.360 e. The maximum absolute atomic E-state index is 12.4. The van der Waals surface area contributed by atoms with Crippen LogP contribution in [0.15, 0.2) is 27.4 Å². The quantitative estimate of drug-likeness (QED) is 0.872. The molecular formula is C16H20N2O3. The molecule has 0 unspecified atom stereocenters. The van der Waals surface area contributed by atoms with Crippen LogP contribution in [0.2, 0.25) is 0 Å². The summed E-state index contributed by atoms with van der Waals surface area (Å²) < 4.78 is 11.0. The first kappa shape index (κ1) is 13.9. The Morgan fingerprint density at radius 1 is 1.33 bits per heavy atom. The fourth-order valence-electron chi connectivity index (χ4n) is 3.01. The van der Waals surface area contributed by atoms with E-state index in [9.17, 15) is 4.79 Å². The second-order valence-corrected chi connectivity index (χ2v) is 5.14. The Balaban J connectivity index is 2.28. The number of fused-ring (bicyclic) bond motifs is 1. The molecular weight excluding hydrogens is 268 g/mol. The summed E-state index contributed by atoms with van der Waals surface area (Å²) in [4.78, 5) is 14.6. The van der Waals surface area contributed by atoms with Gasteiger partial charge >= 0.3 is 5.63 Å². The van der Waals surface area contributed by atoms with Gasteiger partial charge in [0.1, 0.15) is 17.0 Å². The monoisotopic (exact) mass is 288 g/mol. The number of benzene rings is 1. The zero-order valence-corrected chi connectivity index (χ0v) is 12.4. The molecule has 5 nitrogen and oxygen atoms in total. The van der Waals surface area contributed by atoms with Crippen molar-refractivity contribution in [3.63, 3.8) is 0 Å². The van der Waals surface area contributed by atoms with Crippen molar-refractivity contribution in [3.05, 3.63) is 34.2 Å². The first-order valence-electron chi connectivity index (χ1n) is 7.34. The average molecular weight is 288 g/mol. The average Bonchev–Trinajstić information content (AvgIpc) is 2.53. The molecule has 0 atom stereocenters. The summed E-state index contributed by atoms with van der Waals surface area (Å²) in [5.41, 5.74) is 2.04. The number of hydrogen-bond donors (Lipinski definition) is 1. The largest absolute Gasteiger partial charge is 0.496 e. The maximum atomic E-state index is 12.4. The van der Waals surface area contributed by atoms with Gasteiger partial charge in [-0.2, -0.15) is 0 Å². The van der Waals surface area contributed by atoms with Crippen LogP contribution < -0.4 is 20.6 Å². The number of aryl methyl sites for hydroxylation is 1. The molecule has 21 heavy (non-hydrogen) atoms. The minimum atomic E-state index is -0.255.